The number of alkyl halides is 5. The lowest BCUT2D eigenvalue weighted by molar-refractivity contribution is -0.0536. The molecular formula is C22H23F5N2O7S. The van der Waals surface area contributed by atoms with Crippen molar-refractivity contribution in [2.45, 2.75) is 58.3 Å². The minimum atomic E-state index is -6.22. The Labute approximate surface area is 208 Å². The van der Waals surface area contributed by atoms with Gasteiger partial charge in [0.15, 0.2) is 16.9 Å². The van der Waals surface area contributed by atoms with E-state index in [1.807, 2.05) is 20.8 Å². The van der Waals surface area contributed by atoms with Crippen molar-refractivity contribution in [1.29, 1.82) is 0 Å². The van der Waals surface area contributed by atoms with Crippen LogP contribution in [-0.4, -0.2) is 43.3 Å². The highest BCUT2D eigenvalue weighted by Crippen LogP contribution is 2.42. The Morgan fingerprint density at radius 1 is 1.11 bits per heavy atom. The fourth-order valence-corrected chi connectivity index (χ4v) is 4.06. The Balaban J connectivity index is 2.30. The summed E-state index contributed by atoms with van der Waals surface area (Å²) in [6, 6.07) is 2.73. The van der Waals surface area contributed by atoms with E-state index in [1.165, 1.54) is 10.9 Å². The summed E-state index contributed by atoms with van der Waals surface area (Å²) in [4.78, 5) is 25.1. The molecule has 0 aliphatic carbocycles. The first-order chi connectivity index (χ1) is 17.0. The van der Waals surface area contributed by atoms with Crippen LogP contribution in [0.2, 0.25) is 0 Å². The molecule has 0 saturated heterocycles. The smallest absolute Gasteiger partial charge is 0.462 e. The first-order valence-electron chi connectivity index (χ1n) is 10.9. The zero-order valence-electron chi connectivity index (χ0n) is 20.1. The number of esters is 1. The largest absolute Gasteiger partial charge is 0.534 e. The number of carbonyl (C=O) groups is 1. The summed E-state index contributed by atoms with van der Waals surface area (Å²) >= 11 is 0. The van der Waals surface area contributed by atoms with E-state index in [0.717, 1.165) is 18.2 Å². The predicted molar refractivity (Wildman–Crippen MR) is 121 cm³/mol. The highest BCUT2D eigenvalue weighted by Gasteiger charge is 2.49. The average Bonchev–Trinajstić information content (AvgIpc) is 2.77. The van der Waals surface area contributed by atoms with E-state index in [1.54, 1.807) is 11.9 Å². The van der Waals surface area contributed by atoms with Gasteiger partial charge in [-0.2, -0.15) is 30.4 Å². The Bertz CT molecular complexity index is 1370. The molecule has 1 aromatic carbocycles. The third-order valence-corrected chi connectivity index (χ3v) is 6.78. The maximum absolute atomic E-state index is 13.1. The van der Waals surface area contributed by atoms with Gasteiger partial charge in [0.25, 0.3) is 0 Å². The van der Waals surface area contributed by atoms with Gasteiger partial charge in [-0.15, -0.1) is 0 Å². The molecule has 9 nitrogen and oxygen atoms in total. The minimum Gasteiger partial charge on any atom is -0.462 e. The summed E-state index contributed by atoms with van der Waals surface area (Å²) in [6.45, 7) is 3.39. The summed E-state index contributed by atoms with van der Waals surface area (Å²) in [5.41, 5.74) is -7.25. The second-order valence-electron chi connectivity index (χ2n) is 8.54. The second kappa shape index (κ2) is 9.84. The third-order valence-electron chi connectivity index (χ3n) is 5.82. The second-order valence-corrected chi connectivity index (χ2v) is 10.1. The first-order valence-corrected chi connectivity index (χ1v) is 12.3. The lowest BCUT2D eigenvalue weighted by Gasteiger charge is -2.45. The zero-order valence-corrected chi connectivity index (χ0v) is 20.9. The number of aromatic nitrogens is 1. The molecule has 37 heavy (non-hydrogen) atoms. The van der Waals surface area contributed by atoms with Gasteiger partial charge in [0.1, 0.15) is 5.56 Å². The lowest BCUT2D eigenvalue weighted by atomic mass is 9.95. The number of hydrogen-bond acceptors (Lipinski definition) is 8. The van der Waals surface area contributed by atoms with Gasteiger partial charge in [-0.05, 0) is 44.9 Å². The van der Waals surface area contributed by atoms with Crippen LogP contribution < -0.4 is 19.4 Å². The highest BCUT2D eigenvalue weighted by molar-refractivity contribution is 7.88. The topological polar surface area (TPSA) is 104 Å². The molecule has 0 fully saturated rings. The standard InChI is InChI=1S/C22H23F5N2O7S/c1-5-21(3,4)29-10-12-7-18(36-37(32,33)22(25,26)27)17(35-20(23)24)8-13(12)15-9-16(30)14(11-28(15)29)19(31)34-6-2/h7-9,11,20H,5-6,10H2,1-4H3. The number of pyridine rings is 1. The van der Waals surface area contributed by atoms with Crippen molar-refractivity contribution < 1.29 is 48.8 Å². The van der Waals surface area contributed by atoms with E-state index in [4.69, 9.17) is 4.74 Å². The summed E-state index contributed by atoms with van der Waals surface area (Å²) < 4.78 is 103. The van der Waals surface area contributed by atoms with Crippen molar-refractivity contribution in [2.75, 3.05) is 11.6 Å². The van der Waals surface area contributed by atoms with Crippen molar-refractivity contribution >= 4 is 16.1 Å². The maximum atomic E-state index is 13.1. The van der Waals surface area contributed by atoms with Gasteiger partial charge in [0.2, 0.25) is 0 Å². The molecule has 1 aromatic heterocycles. The number of fused-ring (bicyclic) bond motifs is 3. The first kappa shape index (κ1) is 28.2. The Morgan fingerprint density at radius 3 is 2.30 bits per heavy atom. The number of rotatable bonds is 8. The molecule has 204 valence electrons. The Morgan fingerprint density at radius 2 is 1.76 bits per heavy atom. The minimum absolute atomic E-state index is 0.00492. The Hall–Kier alpha value is -3.36. The predicted octanol–water partition coefficient (Wildman–Crippen LogP) is 4.16. The molecule has 0 unspecified atom stereocenters. The van der Waals surface area contributed by atoms with Crippen LogP contribution in [0.1, 0.15) is 50.0 Å². The molecule has 2 aromatic rings. The summed E-state index contributed by atoms with van der Waals surface area (Å²) in [5, 5.41) is 1.67. The van der Waals surface area contributed by atoms with Gasteiger partial charge in [-0.3, -0.25) is 9.47 Å². The molecular weight excluding hydrogens is 531 g/mol. The average molecular weight is 554 g/mol. The van der Waals surface area contributed by atoms with Crippen molar-refractivity contribution in [1.82, 2.24) is 4.68 Å². The molecule has 15 heteroatoms. The van der Waals surface area contributed by atoms with Crippen LogP contribution in [0.3, 0.4) is 0 Å². The molecule has 0 atom stereocenters. The molecule has 2 heterocycles. The summed E-state index contributed by atoms with van der Waals surface area (Å²) in [7, 11) is -6.22. The van der Waals surface area contributed by atoms with E-state index in [2.05, 4.69) is 8.92 Å². The van der Waals surface area contributed by atoms with Crippen LogP contribution in [0, 0.1) is 0 Å². The summed E-state index contributed by atoms with van der Waals surface area (Å²) in [5.74, 6) is -2.99. The molecule has 0 N–H and O–H groups in total. The Kier molecular flexibility index (Phi) is 7.50. The van der Waals surface area contributed by atoms with Gasteiger partial charge in [-0.25, -0.2) is 4.79 Å². The zero-order chi connectivity index (χ0) is 27.9. The van der Waals surface area contributed by atoms with E-state index >= 15 is 0 Å². The maximum Gasteiger partial charge on any atom is 0.534 e. The highest BCUT2D eigenvalue weighted by atomic mass is 32.2. The van der Waals surface area contributed by atoms with Crippen molar-refractivity contribution in [3.63, 3.8) is 0 Å². The van der Waals surface area contributed by atoms with Gasteiger partial charge in [0, 0.05) is 17.8 Å². The van der Waals surface area contributed by atoms with E-state index in [0.29, 0.717) is 6.42 Å². The van der Waals surface area contributed by atoms with Gasteiger partial charge in [0.05, 0.1) is 24.4 Å². The summed E-state index contributed by atoms with van der Waals surface area (Å²) in [6.07, 6.45) is 1.74. The molecule has 0 amide bonds. The quantitative estimate of drug-likeness (QED) is 0.207. The van der Waals surface area contributed by atoms with Gasteiger partial charge < -0.3 is 18.7 Å². The van der Waals surface area contributed by atoms with Crippen LogP contribution in [0.25, 0.3) is 11.3 Å². The lowest BCUT2D eigenvalue weighted by Crippen LogP contribution is -2.52. The molecule has 0 radical (unpaired) electrons. The normalized spacial score (nSPS) is 13.7. The fraction of sp³-hybridized carbons (Fsp3) is 0.455. The van der Waals surface area contributed by atoms with E-state index < -0.39 is 50.7 Å². The monoisotopic (exact) mass is 554 g/mol. The molecule has 0 saturated carbocycles. The third kappa shape index (κ3) is 5.50. The molecule has 1 aliphatic rings. The number of nitrogens with zero attached hydrogens (tertiary/aromatic N) is 2. The SMILES string of the molecule is CCOC(=O)c1cn2c(cc1=O)-c1cc(OC(F)F)c(OS(=O)(=O)C(F)(F)F)cc1CN2C(C)(C)CC. The molecule has 0 spiro atoms. The van der Waals surface area contributed by atoms with Crippen molar-refractivity contribution in [3.05, 3.63) is 45.7 Å². The van der Waals surface area contributed by atoms with E-state index in [-0.39, 0.29) is 35.5 Å². The van der Waals surface area contributed by atoms with Crippen LogP contribution in [0.5, 0.6) is 11.5 Å². The van der Waals surface area contributed by atoms with Crippen molar-refractivity contribution in [3.8, 4) is 22.8 Å². The van der Waals surface area contributed by atoms with E-state index in [9.17, 15) is 40.0 Å². The van der Waals surface area contributed by atoms with Crippen LogP contribution in [0.4, 0.5) is 22.0 Å². The van der Waals surface area contributed by atoms with Crippen LogP contribution >= 0.6 is 0 Å². The fourth-order valence-electron chi connectivity index (χ4n) is 3.60. The van der Waals surface area contributed by atoms with Crippen LogP contribution in [-0.2, 0) is 21.4 Å². The number of hydrogen-bond donors (Lipinski definition) is 0. The number of ether oxygens (including phenoxy) is 2. The molecule has 0 bridgehead atoms. The molecule has 3 rings (SSSR count). The molecule has 1 aliphatic heterocycles. The number of carbonyl (C=O) groups excluding carboxylic acids is 1. The number of benzene rings is 1. The van der Waals surface area contributed by atoms with Gasteiger partial charge >= 0.3 is 28.2 Å². The van der Waals surface area contributed by atoms with Crippen molar-refractivity contribution in [2.24, 2.45) is 0 Å². The number of halogens is 5. The van der Waals surface area contributed by atoms with Crippen LogP contribution in [0.15, 0.2) is 29.2 Å². The van der Waals surface area contributed by atoms with Gasteiger partial charge in [-0.1, -0.05) is 6.92 Å².